The molecule has 3 heterocycles. The summed E-state index contributed by atoms with van der Waals surface area (Å²) in [4.78, 5) is 13.0. The largest absolute Gasteiger partial charge is 0.471 e. The monoisotopic (exact) mass is 377 g/mol. The Balaban J connectivity index is 1.81. The fraction of sp³-hybridized carbons (Fsp3) is 0.400. The van der Waals surface area contributed by atoms with E-state index < -0.39 is 0 Å². The summed E-state index contributed by atoms with van der Waals surface area (Å²) in [6, 6.07) is 3.87. The summed E-state index contributed by atoms with van der Waals surface area (Å²) in [6.07, 6.45) is 4.06. The van der Waals surface area contributed by atoms with Gasteiger partial charge in [0, 0.05) is 31.8 Å². The third-order valence-corrected chi connectivity index (χ3v) is 4.06. The highest BCUT2D eigenvalue weighted by molar-refractivity contribution is 5.65. The van der Waals surface area contributed by atoms with Crippen molar-refractivity contribution in [3.05, 3.63) is 29.7 Å². The summed E-state index contributed by atoms with van der Waals surface area (Å²) < 4.78 is 5.84. The topological polar surface area (TPSA) is 108 Å². The van der Waals surface area contributed by atoms with Crippen molar-refractivity contribution in [1.29, 1.82) is 5.26 Å². The third kappa shape index (κ3) is 4.87. The van der Waals surface area contributed by atoms with Crippen LogP contribution in [0.3, 0.4) is 0 Å². The highest BCUT2D eigenvalue weighted by Crippen LogP contribution is 2.23. The maximum atomic E-state index is 9.26. The lowest BCUT2D eigenvalue weighted by atomic mass is 10.2. The van der Waals surface area contributed by atoms with Gasteiger partial charge >= 0.3 is 0 Å². The Kier molecular flexibility index (Phi) is 6.25. The van der Waals surface area contributed by atoms with Crippen LogP contribution in [0.1, 0.15) is 31.5 Å². The molecule has 3 rings (SSSR count). The van der Waals surface area contributed by atoms with Gasteiger partial charge in [-0.15, -0.1) is 0 Å². The molecule has 2 aromatic heterocycles. The molecule has 0 bridgehead atoms. The van der Waals surface area contributed by atoms with Gasteiger partial charge in [0.1, 0.15) is 18.0 Å². The molecule has 8 nitrogen and oxygen atoms in total. The molecule has 0 saturated carbocycles. The van der Waals surface area contributed by atoms with Crippen LogP contribution in [-0.4, -0.2) is 41.2 Å². The van der Waals surface area contributed by atoms with Crippen LogP contribution in [0.2, 0.25) is 0 Å². The summed E-state index contributed by atoms with van der Waals surface area (Å²) in [5.74, 6) is 7.82. The summed E-state index contributed by atoms with van der Waals surface area (Å²) in [7, 11) is 1.84. The van der Waals surface area contributed by atoms with Crippen molar-refractivity contribution in [2.24, 2.45) is 5.92 Å². The minimum absolute atomic E-state index is 0.00974. The van der Waals surface area contributed by atoms with E-state index in [4.69, 9.17) is 4.74 Å². The van der Waals surface area contributed by atoms with Crippen LogP contribution < -0.4 is 20.7 Å². The Bertz CT molecular complexity index is 934. The van der Waals surface area contributed by atoms with E-state index in [-0.39, 0.29) is 23.6 Å². The number of nitrogens with zero attached hydrogens (tertiary/aromatic N) is 4. The van der Waals surface area contributed by atoms with Crippen molar-refractivity contribution >= 4 is 17.3 Å². The van der Waals surface area contributed by atoms with Crippen molar-refractivity contribution in [1.82, 2.24) is 20.3 Å². The van der Waals surface area contributed by atoms with Crippen molar-refractivity contribution in [2.45, 2.75) is 26.4 Å². The van der Waals surface area contributed by atoms with E-state index in [1.807, 2.05) is 33.0 Å². The molecule has 8 heteroatoms. The van der Waals surface area contributed by atoms with Crippen LogP contribution in [0, 0.1) is 29.1 Å². The first-order valence-corrected chi connectivity index (χ1v) is 9.20. The minimum Gasteiger partial charge on any atom is -0.471 e. The van der Waals surface area contributed by atoms with Gasteiger partial charge in [0.25, 0.3) is 5.88 Å². The van der Waals surface area contributed by atoms with E-state index in [2.05, 4.69) is 42.7 Å². The van der Waals surface area contributed by atoms with Gasteiger partial charge in [-0.05, 0) is 13.0 Å². The van der Waals surface area contributed by atoms with Gasteiger partial charge in [0.2, 0.25) is 5.69 Å². The van der Waals surface area contributed by atoms with Crippen LogP contribution in [0.4, 0.5) is 17.3 Å². The Morgan fingerprint density at radius 2 is 2.14 bits per heavy atom. The second-order valence-corrected chi connectivity index (χ2v) is 6.67. The molecule has 1 fully saturated rings. The number of ether oxygens (including phenoxy) is 1. The predicted octanol–water partition coefficient (Wildman–Crippen LogP) is 2.28. The number of pyridine rings is 1. The van der Waals surface area contributed by atoms with Crippen molar-refractivity contribution in [2.75, 3.05) is 30.8 Å². The summed E-state index contributed by atoms with van der Waals surface area (Å²) in [5.41, 5.74) is 1.85. The zero-order chi connectivity index (χ0) is 19.9. The van der Waals surface area contributed by atoms with E-state index in [1.165, 1.54) is 6.20 Å². The van der Waals surface area contributed by atoms with Crippen molar-refractivity contribution in [3.8, 4) is 23.8 Å². The van der Waals surface area contributed by atoms with Crippen molar-refractivity contribution in [3.63, 3.8) is 0 Å². The second-order valence-electron chi connectivity index (χ2n) is 6.67. The maximum Gasteiger partial charge on any atom is 0.253 e. The zero-order valence-corrected chi connectivity index (χ0v) is 16.2. The molecule has 1 saturated heterocycles. The Morgan fingerprint density at radius 1 is 1.29 bits per heavy atom. The zero-order valence-electron chi connectivity index (χ0n) is 16.2. The molecule has 0 radical (unpaired) electrons. The molecule has 144 valence electrons. The summed E-state index contributed by atoms with van der Waals surface area (Å²) >= 11 is 0. The molecule has 1 atom stereocenters. The molecule has 28 heavy (non-hydrogen) atoms. The van der Waals surface area contributed by atoms with E-state index in [1.54, 1.807) is 6.20 Å². The number of nitrogens with one attached hydrogen (secondary N) is 3. The van der Waals surface area contributed by atoms with Crippen LogP contribution in [0.15, 0.2) is 18.5 Å². The maximum absolute atomic E-state index is 9.26. The van der Waals surface area contributed by atoms with Crippen LogP contribution in [0.5, 0.6) is 5.88 Å². The lowest BCUT2D eigenvalue weighted by Crippen LogP contribution is -2.21. The van der Waals surface area contributed by atoms with Gasteiger partial charge < -0.3 is 20.7 Å². The lowest BCUT2D eigenvalue weighted by molar-refractivity contribution is 0.212. The summed E-state index contributed by atoms with van der Waals surface area (Å²) in [6.45, 7) is 5.71. The van der Waals surface area contributed by atoms with Gasteiger partial charge in [0.05, 0.1) is 17.4 Å². The first kappa shape index (κ1) is 19.4. The molecule has 1 unspecified atom stereocenters. The average Bonchev–Trinajstić information content (AvgIpc) is 3.20. The van der Waals surface area contributed by atoms with Gasteiger partial charge in [-0.25, -0.2) is 9.97 Å². The van der Waals surface area contributed by atoms with Gasteiger partial charge in [-0.1, -0.05) is 25.7 Å². The number of hydrogen-bond acceptors (Lipinski definition) is 8. The molecule has 0 amide bonds. The molecule has 0 aromatic carbocycles. The summed E-state index contributed by atoms with van der Waals surface area (Å²) in [5, 5.41) is 18.7. The highest BCUT2D eigenvalue weighted by Gasteiger charge is 2.19. The normalized spacial score (nSPS) is 15.5. The highest BCUT2D eigenvalue weighted by atomic mass is 16.5. The molecule has 3 N–H and O–H groups in total. The molecule has 2 aromatic rings. The van der Waals surface area contributed by atoms with Crippen LogP contribution in [-0.2, 0) is 0 Å². The van der Waals surface area contributed by atoms with E-state index in [0.717, 1.165) is 30.8 Å². The number of hydrogen-bond donors (Lipinski definition) is 3. The molecular formula is C20H23N7O. The minimum atomic E-state index is -0.00974. The van der Waals surface area contributed by atoms with Gasteiger partial charge in [0.15, 0.2) is 5.82 Å². The smallest absolute Gasteiger partial charge is 0.253 e. The number of nitriles is 1. The first-order valence-electron chi connectivity index (χ1n) is 9.20. The van der Waals surface area contributed by atoms with E-state index >= 15 is 0 Å². The molecular weight excluding hydrogens is 354 g/mol. The van der Waals surface area contributed by atoms with Gasteiger partial charge in [-0.2, -0.15) is 10.2 Å². The van der Waals surface area contributed by atoms with Gasteiger partial charge in [-0.3, -0.25) is 0 Å². The quantitative estimate of drug-likeness (QED) is 0.681. The molecule has 0 spiro atoms. The fourth-order valence-corrected chi connectivity index (χ4v) is 2.66. The predicted molar refractivity (Wildman–Crippen MR) is 107 cm³/mol. The number of aromatic nitrogens is 3. The van der Waals surface area contributed by atoms with Crippen LogP contribution in [0.25, 0.3) is 0 Å². The average molecular weight is 377 g/mol. The van der Waals surface area contributed by atoms with E-state index in [0.29, 0.717) is 11.6 Å². The second kappa shape index (κ2) is 9.03. The lowest BCUT2D eigenvalue weighted by Gasteiger charge is -2.13. The fourth-order valence-electron chi connectivity index (χ4n) is 2.66. The standard InChI is InChI=1S/C20H23N7O/c1-13(2)4-5-14-10-25-18(8-16(14)22-3)26-19-12-24-17(9-21)20(27-19)28-15-6-7-23-11-15/h8,10,12-13,15,23H,6-7,11H2,1-3H3,(H2,22,25,26,27). The molecule has 1 aliphatic rings. The number of rotatable bonds is 5. The Hall–Kier alpha value is -3.36. The number of anilines is 3. The Morgan fingerprint density at radius 3 is 2.82 bits per heavy atom. The third-order valence-electron chi connectivity index (χ3n) is 4.06. The molecule has 0 aliphatic carbocycles. The van der Waals surface area contributed by atoms with Crippen molar-refractivity contribution < 1.29 is 4.74 Å². The molecule has 1 aliphatic heterocycles. The SMILES string of the molecule is CNc1cc(Nc2cnc(C#N)c(OC3CCNC3)n2)ncc1C#CC(C)C. The van der Waals surface area contributed by atoms with Crippen LogP contribution >= 0.6 is 0 Å². The first-order chi connectivity index (χ1) is 13.6. The van der Waals surface area contributed by atoms with E-state index in [9.17, 15) is 5.26 Å². The Labute approximate surface area is 164 Å².